The van der Waals surface area contributed by atoms with Crippen LogP contribution in [-0.4, -0.2) is 22.9 Å². The molecule has 4 aliphatic rings. The molecule has 0 atom stereocenters. The highest BCUT2D eigenvalue weighted by Gasteiger charge is 2.51. The van der Waals surface area contributed by atoms with E-state index in [4.69, 9.17) is 5.21 Å². The summed E-state index contributed by atoms with van der Waals surface area (Å²) < 4.78 is 1.84. The van der Waals surface area contributed by atoms with Crippen molar-refractivity contribution in [3.8, 4) is 0 Å². The van der Waals surface area contributed by atoms with Gasteiger partial charge in [0.1, 0.15) is 0 Å². The van der Waals surface area contributed by atoms with Gasteiger partial charge in [0, 0.05) is 11.6 Å². The molecule has 4 aliphatic carbocycles. The molecular formula is C18H24N3O2+. The number of amides is 1. The third-order valence-corrected chi connectivity index (χ3v) is 5.86. The highest BCUT2D eigenvalue weighted by Crippen LogP contribution is 2.55. The SMILES string of the molecule is O=C(C[n+]1cccc(/C=N\O)c1)NC12CC3CC(CC(C3)C1)C2. The third-order valence-electron chi connectivity index (χ3n) is 5.86. The Labute approximate surface area is 136 Å². The first-order valence-corrected chi connectivity index (χ1v) is 8.62. The Bertz CT molecular complexity index is 606. The molecule has 5 rings (SSSR count). The van der Waals surface area contributed by atoms with Gasteiger partial charge in [0.05, 0.1) is 11.8 Å². The first-order valence-electron chi connectivity index (χ1n) is 8.62. The number of carbonyl (C=O) groups is 1. The van der Waals surface area contributed by atoms with Crippen molar-refractivity contribution in [3.05, 3.63) is 30.1 Å². The molecule has 2 N–H and O–H groups in total. The van der Waals surface area contributed by atoms with Crippen molar-refractivity contribution in [2.24, 2.45) is 22.9 Å². The van der Waals surface area contributed by atoms with Gasteiger partial charge in [-0.3, -0.25) is 4.79 Å². The summed E-state index contributed by atoms with van der Waals surface area (Å²) in [4.78, 5) is 12.6. The van der Waals surface area contributed by atoms with Gasteiger partial charge in [-0.05, 0) is 62.3 Å². The molecule has 1 aromatic heterocycles. The van der Waals surface area contributed by atoms with E-state index in [-0.39, 0.29) is 11.4 Å². The largest absolute Gasteiger partial charge is 0.411 e. The van der Waals surface area contributed by atoms with Crippen molar-refractivity contribution >= 4 is 12.1 Å². The summed E-state index contributed by atoms with van der Waals surface area (Å²) in [7, 11) is 0. The molecular weight excluding hydrogens is 290 g/mol. The molecule has 4 saturated carbocycles. The predicted octanol–water partition coefficient (Wildman–Crippen LogP) is 1.87. The predicted molar refractivity (Wildman–Crippen MR) is 85.1 cm³/mol. The van der Waals surface area contributed by atoms with E-state index in [9.17, 15) is 4.79 Å². The zero-order valence-corrected chi connectivity index (χ0v) is 13.3. The van der Waals surface area contributed by atoms with E-state index < -0.39 is 0 Å². The zero-order chi connectivity index (χ0) is 15.9. The van der Waals surface area contributed by atoms with Crippen LogP contribution in [0.3, 0.4) is 0 Å². The van der Waals surface area contributed by atoms with Gasteiger partial charge in [0.2, 0.25) is 6.54 Å². The second kappa shape index (κ2) is 5.62. The quantitative estimate of drug-likeness (QED) is 0.386. The van der Waals surface area contributed by atoms with Crippen molar-refractivity contribution in [1.29, 1.82) is 0 Å². The van der Waals surface area contributed by atoms with Crippen molar-refractivity contribution in [1.82, 2.24) is 5.32 Å². The lowest BCUT2D eigenvalue weighted by Crippen LogP contribution is -2.61. The number of oxime groups is 1. The summed E-state index contributed by atoms with van der Waals surface area (Å²) in [6, 6.07) is 3.70. The Balaban J connectivity index is 1.43. The van der Waals surface area contributed by atoms with Gasteiger partial charge in [-0.25, -0.2) is 0 Å². The van der Waals surface area contributed by atoms with Crippen LogP contribution >= 0.6 is 0 Å². The first-order chi connectivity index (χ1) is 11.1. The van der Waals surface area contributed by atoms with E-state index in [1.807, 2.05) is 29.1 Å². The minimum absolute atomic E-state index is 0.0660. The highest BCUT2D eigenvalue weighted by molar-refractivity contribution is 5.78. The van der Waals surface area contributed by atoms with E-state index >= 15 is 0 Å². The van der Waals surface area contributed by atoms with Crippen LogP contribution in [0.15, 0.2) is 29.7 Å². The van der Waals surface area contributed by atoms with E-state index in [2.05, 4.69) is 10.5 Å². The number of rotatable bonds is 4. The third kappa shape index (κ3) is 2.96. The Morgan fingerprint density at radius 2 is 1.96 bits per heavy atom. The molecule has 0 radical (unpaired) electrons. The summed E-state index contributed by atoms with van der Waals surface area (Å²) in [5.41, 5.74) is 0.842. The van der Waals surface area contributed by atoms with E-state index in [0.29, 0.717) is 6.54 Å². The average Bonchev–Trinajstić information content (AvgIpc) is 2.45. The van der Waals surface area contributed by atoms with Gasteiger partial charge in [0.15, 0.2) is 12.4 Å². The Morgan fingerprint density at radius 1 is 1.30 bits per heavy atom. The molecule has 4 bridgehead atoms. The number of hydrogen-bond donors (Lipinski definition) is 2. The van der Waals surface area contributed by atoms with Crippen molar-refractivity contribution in [2.45, 2.75) is 50.6 Å². The molecule has 122 valence electrons. The standard InChI is InChI=1S/C18H23N3O2/c22-17(12-21-3-1-2-13(11-21)10-19-23)20-18-7-14-4-15(8-18)6-16(5-14)9-18/h1-3,10-11,14-16H,4-9,12H2,(H-,20,22,23)/p+1/b19-10-. The molecule has 1 heterocycles. The van der Waals surface area contributed by atoms with Gasteiger partial charge < -0.3 is 10.5 Å². The summed E-state index contributed by atoms with van der Waals surface area (Å²) in [6.07, 6.45) is 12.7. The first kappa shape index (κ1) is 14.7. The molecule has 23 heavy (non-hydrogen) atoms. The van der Waals surface area contributed by atoms with Gasteiger partial charge >= 0.3 is 0 Å². The average molecular weight is 314 g/mol. The van der Waals surface area contributed by atoms with Crippen LogP contribution < -0.4 is 9.88 Å². The van der Waals surface area contributed by atoms with Gasteiger partial charge in [-0.15, -0.1) is 0 Å². The molecule has 1 amide bonds. The van der Waals surface area contributed by atoms with Crippen LogP contribution in [0, 0.1) is 17.8 Å². The number of carbonyl (C=O) groups excluding carboxylic acids is 1. The number of pyridine rings is 1. The van der Waals surface area contributed by atoms with E-state index in [1.54, 1.807) is 0 Å². The number of aromatic nitrogens is 1. The molecule has 5 heteroatoms. The number of nitrogens with one attached hydrogen (secondary N) is 1. The normalized spacial score (nSPS) is 34.9. The topological polar surface area (TPSA) is 65.6 Å². The van der Waals surface area contributed by atoms with Crippen LogP contribution in [-0.2, 0) is 11.3 Å². The van der Waals surface area contributed by atoms with Gasteiger partial charge in [0.25, 0.3) is 5.91 Å². The Hall–Kier alpha value is -1.91. The molecule has 0 aliphatic heterocycles. The fourth-order valence-corrected chi connectivity index (χ4v) is 5.55. The van der Waals surface area contributed by atoms with E-state index in [1.165, 1.54) is 44.7 Å². The van der Waals surface area contributed by atoms with Crippen LogP contribution in [0.1, 0.15) is 44.1 Å². The fraction of sp³-hybridized carbons (Fsp3) is 0.611. The van der Waals surface area contributed by atoms with Crippen LogP contribution in [0.4, 0.5) is 0 Å². The minimum Gasteiger partial charge on any atom is -0.411 e. The maximum Gasteiger partial charge on any atom is 0.286 e. The molecule has 0 spiro atoms. The van der Waals surface area contributed by atoms with Crippen LogP contribution in [0.2, 0.25) is 0 Å². The lowest BCUT2D eigenvalue weighted by Gasteiger charge is -2.56. The number of nitrogens with zero attached hydrogens (tertiary/aromatic N) is 2. The van der Waals surface area contributed by atoms with Gasteiger partial charge in [-0.1, -0.05) is 5.16 Å². The fourth-order valence-electron chi connectivity index (χ4n) is 5.55. The molecule has 4 fully saturated rings. The maximum atomic E-state index is 12.6. The molecule has 1 aromatic rings. The van der Waals surface area contributed by atoms with Crippen molar-refractivity contribution in [3.63, 3.8) is 0 Å². The monoisotopic (exact) mass is 314 g/mol. The summed E-state index contributed by atoms with van der Waals surface area (Å²) >= 11 is 0. The Kier molecular flexibility index (Phi) is 3.58. The summed E-state index contributed by atoms with van der Waals surface area (Å²) in [5, 5.41) is 15.0. The van der Waals surface area contributed by atoms with Crippen LogP contribution in [0.25, 0.3) is 0 Å². The number of hydrogen-bond acceptors (Lipinski definition) is 3. The van der Waals surface area contributed by atoms with Crippen molar-refractivity contribution in [2.75, 3.05) is 0 Å². The van der Waals surface area contributed by atoms with Crippen LogP contribution in [0.5, 0.6) is 0 Å². The smallest absolute Gasteiger partial charge is 0.286 e. The summed E-state index contributed by atoms with van der Waals surface area (Å²) in [5.74, 6) is 2.59. The minimum atomic E-state index is 0.0660. The van der Waals surface area contributed by atoms with E-state index in [0.717, 1.165) is 23.3 Å². The lowest BCUT2D eigenvalue weighted by molar-refractivity contribution is -0.684. The molecule has 0 unspecified atom stereocenters. The zero-order valence-electron chi connectivity index (χ0n) is 13.3. The summed E-state index contributed by atoms with van der Waals surface area (Å²) in [6.45, 7) is 0.314. The lowest BCUT2D eigenvalue weighted by atomic mass is 9.53. The highest BCUT2D eigenvalue weighted by atomic mass is 16.4. The molecule has 0 aromatic carbocycles. The second-order valence-electron chi connectivity index (χ2n) is 7.80. The van der Waals surface area contributed by atoms with Gasteiger partial charge in [-0.2, -0.15) is 4.57 Å². The Morgan fingerprint density at radius 3 is 2.57 bits per heavy atom. The molecule has 0 saturated heterocycles. The maximum absolute atomic E-state index is 12.6. The molecule has 5 nitrogen and oxygen atoms in total. The van der Waals surface area contributed by atoms with Crippen molar-refractivity contribution < 1.29 is 14.6 Å². The second-order valence-corrected chi connectivity index (χ2v) is 7.80.